The van der Waals surface area contributed by atoms with E-state index in [9.17, 15) is 9.59 Å². The van der Waals surface area contributed by atoms with Gasteiger partial charge in [0.05, 0.1) is 5.92 Å². The van der Waals surface area contributed by atoms with Crippen molar-refractivity contribution in [2.24, 2.45) is 5.92 Å². The Morgan fingerprint density at radius 1 is 1.33 bits per heavy atom. The first-order valence-electron chi connectivity index (χ1n) is 5.31. The van der Waals surface area contributed by atoms with Crippen molar-refractivity contribution in [1.82, 2.24) is 5.32 Å². The zero-order valence-corrected chi connectivity index (χ0v) is 8.90. The lowest BCUT2D eigenvalue weighted by Gasteiger charge is -2.28. The predicted octanol–water partition coefficient (Wildman–Crippen LogP) is 1.32. The van der Waals surface area contributed by atoms with Gasteiger partial charge in [-0.25, -0.2) is 0 Å². The van der Waals surface area contributed by atoms with E-state index in [-0.39, 0.29) is 11.9 Å². The average molecular weight is 211 g/mol. The van der Waals surface area contributed by atoms with Gasteiger partial charge in [-0.15, -0.1) is 0 Å². The van der Waals surface area contributed by atoms with Gasteiger partial charge >= 0.3 is 5.97 Å². The fourth-order valence-corrected chi connectivity index (χ4v) is 1.98. The molecule has 2 atom stereocenters. The molecule has 2 N–H and O–H groups in total. The molecule has 4 heteroatoms. The summed E-state index contributed by atoms with van der Waals surface area (Å²) in [5.41, 5.74) is 0. The van der Waals surface area contributed by atoms with E-state index in [1.54, 1.807) is 13.0 Å². The van der Waals surface area contributed by atoms with Crippen molar-refractivity contribution in [1.29, 1.82) is 0 Å². The van der Waals surface area contributed by atoms with Gasteiger partial charge in [0.15, 0.2) is 0 Å². The van der Waals surface area contributed by atoms with E-state index in [0.29, 0.717) is 6.42 Å². The second-order valence-electron chi connectivity index (χ2n) is 3.84. The van der Waals surface area contributed by atoms with Crippen LogP contribution in [0.5, 0.6) is 0 Å². The Balaban J connectivity index is 2.56. The summed E-state index contributed by atoms with van der Waals surface area (Å²) >= 11 is 0. The summed E-state index contributed by atoms with van der Waals surface area (Å²) in [5, 5.41) is 11.7. The van der Waals surface area contributed by atoms with Crippen LogP contribution in [0.3, 0.4) is 0 Å². The zero-order chi connectivity index (χ0) is 11.3. The van der Waals surface area contributed by atoms with Gasteiger partial charge in [-0.2, -0.15) is 0 Å². The van der Waals surface area contributed by atoms with Gasteiger partial charge in [0, 0.05) is 6.04 Å². The van der Waals surface area contributed by atoms with Gasteiger partial charge in [-0.3, -0.25) is 9.59 Å². The Hall–Kier alpha value is -1.32. The van der Waals surface area contributed by atoms with Crippen molar-refractivity contribution in [2.45, 2.75) is 38.6 Å². The van der Waals surface area contributed by atoms with E-state index < -0.39 is 11.9 Å². The predicted molar refractivity (Wildman–Crippen MR) is 56.3 cm³/mol. The van der Waals surface area contributed by atoms with Crippen LogP contribution in [0.2, 0.25) is 0 Å². The second kappa shape index (κ2) is 5.53. The molecule has 1 amide bonds. The zero-order valence-electron chi connectivity index (χ0n) is 8.90. The summed E-state index contributed by atoms with van der Waals surface area (Å²) in [6.45, 7) is 1.76. The van der Waals surface area contributed by atoms with E-state index in [4.69, 9.17) is 5.11 Å². The minimum absolute atomic E-state index is 0.198. The SMILES string of the molecule is CC=CC(=O)NC1CCCCC1C(=O)O. The molecule has 1 aliphatic rings. The lowest BCUT2D eigenvalue weighted by atomic mass is 9.84. The fourth-order valence-electron chi connectivity index (χ4n) is 1.98. The highest BCUT2D eigenvalue weighted by molar-refractivity contribution is 5.88. The van der Waals surface area contributed by atoms with Crippen LogP contribution in [0.15, 0.2) is 12.2 Å². The van der Waals surface area contributed by atoms with Crippen LogP contribution in [-0.4, -0.2) is 23.0 Å². The van der Waals surface area contributed by atoms with Crippen molar-refractivity contribution in [3.8, 4) is 0 Å². The summed E-state index contributed by atoms with van der Waals surface area (Å²) in [5.74, 6) is -1.43. The van der Waals surface area contributed by atoms with Crippen LogP contribution >= 0.6 is 0 Å². The lowest BCUT2D eigenvalue weighted by Crippen LogP contribution is -2.44. The molecule has 0 saturated heterocycles. The van der Waals surface area contributed by atoms with Gasteiger partial charge < -0.3 is 10.4 Å². The molecule has 0 bridgehead atoms. The van der Waals surface area contributed by atoms with Crippen molar-refractivity contribution in [3.63, 3.8) is 0 Å². The molecule has 0 aromatic heterocycles. The minimum Gasteiger partial charge on any atom is -0.481 e. The normalized spacial score (nSPS) is 26.5. The molecule has 4 nitrogen and oxygen atoms in total. The number of rotatable bonds is 3. The molecule has 15 heavy (non-hydrogen) atoms. The fraction of sp³-hybridized carbons (Fsp3) is 0.636. The summed E-state index contributed by atoms with van der Waals surface area (Å²) in [6, 6.07) is -0.208. The number of carboxylic acid groups (broad SMARTS) is 1. The van der Waals surface area contributed by atoms with E-state index >= 15 is 0 Å². The van der Waals surface area contributed by atoms with Crippen LogP contribution in [0.1, 0.15) is 32.6 Å². The molecule has 84 valence electrons. The third kappa shape index (κ3) is 3.38. The number of carbonyl (C=O) groups is 2. The summed E-state index contributed by atoms with van der Waals surface area (Å²) < 4.78 is 0. The number of carbonyl (C=O) groups excluding carboxylic acids is 1. The second-order valence-corrected chi connectivity index (χ2v) is 3.84. The molecule has 1 fully saturated rings. The maximum atomic E-state index is 11.3. The summed E-state index contributed by atoms with van der Waals surface area (Å²) in [4.78, 5) is 22.2. The van der Waals surface area contributed by atoms with E-state index in [1.807, 2.05) is 0 Å². The van der Waals surface area contributed by atoms with Gasteiger partial charge in [0.2, 0.25) is 5.91 Å². The third-order valence-electron chi connectivity index (χ3n) is 2.73. The van der Waals surface area contributed by atoms with Crippen molar-refractivity contribution in [3.05, 3.63) is 12.2 Å². The Morgan fingerprint density at radius 2 is 2.00 bits per heavy atom. The van der Waals surface area contributed by atoms with Crippen molar-refractivity contribution >= 4 is 11.9 Å². The molecule has 2 unspecified atom stereocenters. The largest absolute Gasteiger partial charge is 0.481 e. The van der Waals surface area contributed by atoms with Gasteiger partial charge in [0.1, 0.15) is 0 Å². The Kier molecular flexibility index (Phi) is 4.34. The molecular weight excluding hydrogens is 194 g/mol. The number of aliphatic carboxylic acids is 1. The summed E-state index contributed by atoms with van der Waals surface area (Å²) in [7, 11) is 0. The number of nitrogens with one attached hydrogen (secondary N) is 1. The number of allylic oxidation sites excluding steroid dienone is 1. The molecule has 0 aromatic carbocycles. The number of carboxylic acids is 1. The number of hydrogen-bond donors (Lipinski definition) is 2. The molecule has 0 spiro atoms. The molecule has 0 heterocycles. The number of hydrogen-bond acceptors (Lipinski definition) is 2. The molecule has 0 aromatic rings. The maximum Gasteiger partial charge on any atom is 0.308 e. The topological polar surface area (TPSA) is 66.4 Å². The Morgan fingerprint density at radius 3 is 2.60 bits per heavy atom. The molecule has 1 rings (SSSR count). The van der Waals surface area contributed by atoms with E-state index in [0.717, 1.165) is 19.3 Å². The van der Waals surface area contributed by atoms with Crippen LogP contribution < -0.4 is 5.32 Å². The van der Waals surface area contributed by atoms with Gasteiger partial charge in [0.25, 0.3) is 0 Å². The molecule has 1 saturated carbocycles. The first-order chi connectivity index (χ1) is 7.15. The molecule has 0 aliphatic heterocycles. The smallest absolute Gasteiger partial charge is 0.308 e. The van der Waals surface area contributed by atoms with Gasteiger partial charge in [-0.05, 0) is 25.8 Å². The highest BCUT2D eigenvalue weighted by atomic mass is 16.4. The van der Waals surface area contributed by atoms with Gasteiger partial charge in [-0.1, -0.05) is 18.9 Å². The maximum absolute atomic E-state index is 11.3. The Bertz CT molecular complexity index is 273. The molecule has 1 aliphatic carbocycles. The van der Waals surface area contributed by atoms with Crippen LogP contribution in [-0.2, 0) is 9.59 Å². The van der Waals surface area contributed by atoms with E-state index in [2.05, 4.69) is 5.32 Å². The minimum atomic E-state index is -0.805. The van der Waals surface area contributed by atoms with Crippen LogP contribution in [0.4, 0.5) is 0 Å². The average Bonchev–Trinajstić information content (AvgIpc) is 2.18. The molecular formula is C11H17NO3. The Labute approximate surface area is 89.4 Å². The standard InChI is InChI=1S/C11H17NO3/c1-2-5-10(13)12-9-7-4-3-6-8(9)11(14)15/h2,5,8-9H,3-4,6-7H2,1H3,(H,12,13)(H,14,15). The van der Waals surface area contributed by atoms with Crippen LogP contribution in [0.25, 0.3) is 0 Å². The first kappa shape index (κ1) is 11.8. The number of amides is 1. The quantitative estimate of drug-likeness (QED) is 0.692. The van der Waals surface area contributed by atoms with E-state index in [1.165, 1.54) is 6.08 Å². The highest BCUT2D eigenvalue weighted by Crippen LogP contribution is 2.24. The first-order valence-corrected chi connectivity index (χ1v) is 5.31. The highest BCUT2D eigenvalue weighted by Gasteiger charge is 2.31. The van der Waals surface area contributed by atoms with Crippen molar-refractivity contribution < 1.29 is 14.7 Å². The lowest BCUT2D eigenvalue weighted by molar-refractivity contribution is -0.144. The molecule has 0 radical (unpaired) electrons. The van der Waals surface area contributed by atoms with Crippen LogP contribution in [0, 0.1) is 5.92 Å². The third-order valence-corrected chi connectivity index (χ3v) is 2.73. The van der Waals surface area contributed by atoms with Crippen molar-refractivity contribution in [2.75, 3.05) is 0 Å². The summed E-state index contributed by atoms with van der Waals surface area (Å²) in [6.07, 6.45) is 6.43. The monoisotopic (exact) mass is 211 g/mol.